The number of benzene rings is 1. The minimum Gasteiger partial charge on any atom is -0.383 e. The van der Waals surface area contributed by atoms with Crippen LogP contribution in [0.5, 0.6) is 0 Å². The van der Waals surface area contributed by atoms with Gasteiger partial charge in [-0.05, 0) is 41.8 Å². The van der Waals surface area contributed by atoms with Gasteiger partial charge in [0.15, 0.2) is 0 Å². The van der Waals surface area contributed by atoms with E-state index in [1.807, 2.05) is 29.6 Å². The Labute approximate surface area is 122 Å². The number of hydrogen-bond acceptors (Lipinski definition) is 3. The van der Waals surface area contributed by atoms with E-state index in [1.165, 1.54) is 16.9 Å². The number of carbonyl (C=O) groups is 1. The van der Waals surface area contributed by atoms with Crippen molar-refractivity contribution in [3.8, 4) is 0 Å². The standard InChI is InChI=1S/C16H17NO2S/c18-15(14-8-4-10-20-14)17-11-16(19)9-3-6-12-5-1-2-7-13(12)16/h1-2,4-5,7-8,10,19H,3,6,9,11H2,(H,17,18)/t16-/m0/s1. The van der Waals surface area contributed by atoms with Crippen molar-refractivity contribution in [2.24, 2.45) is 0 Å². The van der Waals surface area contributed by atoms with Crippen LogP contribution in [0, 0.1) is 0 Å². The Morgan fingerprint density at radius 3 is 2.95 bits per heavy atom. The van der Waals surface area contributed by atoms with E-state index < -0.39 is 5.60 Å². The number of amides is 1. The predicted octanol–water partition coefficient (Wildman–Crippen LogP) is 2.70. The van der Waals surface area contributed by atoms with E-state index in [9.17, 15) is 9.90 Å². The van der Waals surface area contributed by atoms with Crippen LogP contribution in [-0.4, -0.2) is 17.6 Å². The van der Waals surface area contributed by atoms with E-state index >= 15 is 0 Å². The van der Waals surface area contributed by atoms with E-state index in [-0.39, 0.29) is 12.5 Å². The van der Waals surface area contributed by atoms with E-state index in [0.717, 1.165) is 18.4 Å². The molecule has 0 bridgehead atoms. The molecule has 0 unspecified atom stereocenters. The number of fused-ring (bicyclic) bond motifs is 1. The maximum absolute atomic E-state index is 12.0. The van der Waals surface area contributed by atoms with Gasteiger partial charge in [0, 0.05) is 0 Å². The fraction of sp³-hybridized carbons (Fsp3) is 0.312. The lowest BCUT2D eigenvalue weighted by Crippen LogP contribution is -2.42. The van der Waals surface area contributed by atoms with Gasteiger partial charge in [0.05, 0.1) is 11.4 Å². The zero-order chi connectivity index (χ0) is 14.0. The van der Waals surface area contributed by atoms with Crippen LogP contribution in [0.15, 0.2) is 41.8 Å². The molecular formula is C16H17NO2S. The summed E-state index contributed by atoms with van der Waals surface area (Å²) < 4.78 is 0. The summed E-state index contributed by atoms with van der Waals surface area (Å²) in [6.45, 7) is 0.265. The predicted molar refractivity (Wildman–Crippen MR) is 79.9 cm³/mol. The van der Waals surface area contributed by atoms with Crippen molar-refractivity contribution in [1.29, 1.82) is 0 Å². The summed E-state index contributed by atoms with van der Waals surface area (Å²) in [7, 11) is 0. The van der Waals surface area contributed by atoms with Gasteiger partial charge in [-0.15, -0.1) is 11.3 Å². The molecular weight excluding hydrogens is 270 g/mol. The van der Waals surface area contributed by atoms with E-state index in [0.29, 0.717) is 11.3 Å². The van der Waals surface area contributed by atoms with Crippen molar-refractivity contribution in [3.05, 3.63) is 57.8 Å². The molecule has 0 saturated heterocycles. The van der Waals surface area contributed by atoms with Crippen LogP contribution in [-0.2, 0) is 12.0 Å². The lowest BCUT2D eigenvalue weighted by molar-refractivity contribution is 0.0190. The first kappa shape index (κ1) is 13.3. The lowest BCUT2D eigenvalue weighted by atomic mass is 9.79. The molecule has 4 heteroatoms. The zero-order valence-electron chi connectivity index (χ0n) is 11.1. The normalized spacial score (nSPS) is 21.2. The summed E-state index contributed by atoms with van der Waals surface area (Å²) in [6.07, 6.45) is 2.63. The van der Waals surface area contributed by atoms with Gasteiger partial charge in [-0.1, -0.05) is 30.3 Å². The Morgan fingerprint density at radius 1 is 1.30 bits per heavy atom. The summed E-state index contributed by atoms with van der Waals surface area (Å²) >= 11 is 1.41. The number of rotatable bonds is 3. The molecule has 0 aliphatic heterocycles. The highest BCUT2D eigenvalue weighted by Crippen LogP contribution is 2.34. The monoisotopic (exact) mass is 287 g/mol. The molecule has 1 aromatic heterocycles. The second-order valence-electron chi connectivity index (χ2n) is 5.20. The van der Waals surface area contributed by atoms with Gasteiger partial charge in [0.25, 0.3) is 5.91 Å². The smallest absolute Gasteiger partial charge is 0.261 e. The molecule has 0 saturated carbocycles. The highest BCUT2D eigenvalue weighted by atomic mass is 32.1. The number of hydrogen-bond donors (Lipinski definition) is 2. The van der Waals surface area contributed by atoms with Gasteiger partial charge in [-0.3, -0.25) is 4.79 Å². The van der Waals surface area contributed by atoms with E-state index in [2.05, 4.69) is 11.4 Å². The lowest BCUT2D eigenvalue weighted by Gasteiger charge is -2.34. The van der Waals surface area contributed by atoms with Crippen LogP contribution in [0.25, 0.3) is 0 Å². The summed E-state index contributed by atoms with van der Waals surface area (Å²) in [5.74, 6) is -0.114. The van der Waals surface area contributed by atoms with Crippen LogP contribution in [0.3, 0.4) is 0 Å². The third-order valence-electron chi connectivity index (χ3n) is 3.84. The molecule has 2 aromatic rings. The Morgan fingerprint density at radius 2 is 2.15 bits per heavy atom. The maximum atomic E-state index is 12.0. The Bertz CT molecular complexity index is 609. The van der Waals surface area contributed by atoms with Crippen molar-refractivity contribution in [2.75, 3.05) is 6.54 Å². The van der Waals surface area contributed by atoms with Crippen molar-refractivity contribution in [1.82, 2.24) is 5.32 Å². The Balaban J connectivity index is 1.76. The highest BCUT2D eigenvalue weighted by Gasteiger charge is 2.34. The first-order valence-corrected chi connectivity index (χ1v) is 7.69. The molecule has 1 aromatic carbocycles. The Kier molecular flexibility index (Phi) is 3.59. The van der Waals surface area contributed by atoms with Gasteiger partial charge in [-0.2, -0.15) is 0 Å². The molecule has 2 N–H and O–H groups in total. The minimum atomic E-state index is -0.943. The molecule has 104 valence electrons. The molecule has 0 fully saturated rings. The van der Waals surface area contributed by atoms with Crippen molar-refractivity contribution >= 4 is 17.2 Å². The first-order chi connectivity index (χ1) is 9.69. The summed E-state index contributed by atoms with van der Waals surface area (Å²) in [4.78, 5) is 12.7. The second-order valence-corrected chi connectivity index (χ2v) is 6.15. The molecule has 3 nitrogen and oxygen atoms in total. The molecule has 1 heterocycles. The molecule has 20 heavy (non-hydrogen) atoms. The number of aryl methyl sites for hydroxylation is 1. The van der Waals surface area contributed by atoms with E-state index in [1.54, 1.807) is 6.07 Å². The molecule has 0 radical (unpaired) electrons. The van der Waals surface area contributed by atoms with Crippen molar-refractivity contribution < 1.29 is 9.90 Å². The molecule has 1 atom stereocenters. The molecule has 1 aliphatic carbocycles. The minimum absolute atomic E-state index is 0.114. The molecule has 3 rings (SSSR count). The van der Waals surface area contributed by atoms with Gasteiger partial charge in [0.2, 0.25) is 0 Å². The third kappa shape index (κ3) is 2.49. The van der Waals surface area contributed by atoms with Crippen LogP contribution in [0.1, 0.15) is 33.6 Å². The van der Waals surface area contributed by atoms with E-state index in [4.69, 9.17) is 0 Å². The average molecular weight is 287 g/mol. The maximum Gasteiger partial charge on any atom is 0.261 e. The quantitative estimate of drug-likeness (QED) is 0.912. The third-order valence-corrected chi connectivity index (χ3v) is 4.71. The summed E-state index contributed by atoms with van der Waals surface area (Å²) in [5, 5.41) is 15.6. The van der Waals surface area contributed by atoms with Gasteiger partial charge < -0.3 is 10.4 Å². The fourth-order valence-electron chi connectivity index (χ4n) is 2.80. The van der Waals surface area contributed by atoms with Crippen LogP contribution in [0.2, 0.25) is 0 Å². The topological polar surface area (TPSA) is 49.3 Å². The SMILES string of the molecule is O=C(NC[C@@]1(O)CCCc2ccccc21)c1cccs1. The molecule has 0 spiro atoms. The summed E-state index contributed by atoms with van der Waals surface area (Å²) in [5.41, 5.74) is 1.20. The number of thiophene rings is 1. The second kappa shape index (κ2) is 5.38. The zero-order valence-corrected chi connectivity index (χ0v) is 12.0. The number of aliphatic hydroxyl groups is 1. The van der Waals surface area contributed by atoms with Crippen molar-refractivity contribution in [3.63, 3.8) is 0 Å². The van der Waals surface area contributed by atoms with Gasteiger partial charge in [-0.25, -0.2) is 0 Å². The number of carbonyl (C=O) groups excluding carboxylic acids is 1. The average Bonchev–Trinajstić information content (AvgIpc) is 3.00. The molecule has 1 aliphatic rings. The Hall–Kier alpha value is -1.65. The van der Waals surface area contributed by atoms with Crippen molar-refractivity contribution in [2.45, 2.75) is 24.9 Å². The van der Waals surface area contributed by atoms with Crippen LogP contribution in [0.4, 0.5) is 0 Å². The number of nitrogens with one attached hydrogen (secondary N) is 1. The van der Waals surface area contributed by atoms with Gasteiger partial charge >= 0.3 is 0 Å². The molecule has 1 amide bonds. The highest BCUT2D eigenvalue weighted by molar-refractivity contribution is 7.12. The van der Waals surface area contributed by atoms with Crippen LogP contribution < -0.4 is 5.32 Å². The summed E-state index contributed by atoms with van der Waals surface area (Å²) in [6, 6.07) is 11.6. The first-order valence-electron chi connectivity index (χ1n) is 6.81. The fourth-order valence-corrected chi connectivity index (χ4v) is 3.44. The van der Waals surface area contributed by atoms with Gasteiger partial charge in [0.1, 0.15) is 5.60 Å². The van der Waals surface area contributed by atoms with Crippen LogP contribution >= 0.6 is 11.3 Å². The largest absolute Gasteiger partial charge is 0.383 e.